The van der Waals surface area contributed by atoms with E-state index in [1.165, 1.54) is 51.2 Å². The number of benzene rings is 3. The number of rotatable bonds is 0. The molecule has 8 rings (SSSR count). The Balaban J connectivity index is 1.68. The molecule has 0 aliphatic heterocycles. The van der Waals surface area contributed by atoms with E-state index >= 15 is 0 Å². The largest absolute Gasteiger partial charge is 0.297 e. The van der Waals surface area contributed by atoms with Gasteiger partial charge in [0, 0.05) is 69.7 Å². The summed E-state index contributed by atoms with van der Waals surface area (Å²) in [5.41, 5.74) is 3.08. The summed E-state index contributed by atoms with van der Waals surface area (Å²) in [7, 11) is 0. The lowest BCUT2D eigenvalue weighted by atomic mass is 10.0. The van der Waals surface area contributed by atoms with E-state index in [9.17, 15) is 0 Å². The van der Waals surface area contributed by atoms with Crippen LogP contribution in [0, 0.1) is 0 Å². The number of pyridine rings is 2. The van der Waals surface area contributed by atoms with E-state index in [0.717, 1.165) is 16.6 Å². The quantitative estimate of drug-likeness (QED) is 0.230. The van der Waals surface area contributed by atoms with E-state index in [1.807, 2.05) is 41.1 Å². The number of aromatic nitrogens is 3. The van der Waals surface area contributed by atoms with Crippen LogP contribution in [0.5, 0.6) is 0 Å². The van der Waals surface area contributed by atoms with Crippen molar-refractivity contribution in [1.82, 2.24) is 14.4 Å². The van der Waals surface area contributed by atoms with E-state index in [4.69, 9.17) is 0 Å². The fourth-order valence-corrected chi connectivity index (χ4v) is 7.33. The predicted octanol–water partition coefficient (Wildman–Crippen LogP) is 7.77. The Kier molecular flexibility index (Phi) is 2.91. The molecule has 0 bridgehead atoms. The summed E-state index contributed by atoms with van der Waals surface area (Å²) in [5, 5.41) is 7.68. The summed E-state index contributed by atoms with van der Waals surface area (Å²) in [5.74, 6) is 0. The fourth-order valence-electron chi connectivity index (χ4n) is 5.00. The first-order chi connectivity index (χ1) is 15.4. The average Bonchev–Trinajstić information content (AvgIpc) is 3.52. The number of hydrogen-bond acceptors (Lipinski definition) is 4. The highest BCUT2D eigenvalue weighted by atomic mass is 32.1. The number of nitrogens with zero attached hydrogens (tertiary/aromatic N) is 3. The smallest absolute Gasteiger partial charge is 0.163 e. The zero-order valence-electron chi connectivity index (χ0n) is 16.2. The van der Waals surface area contributed by atoms with Gasteiger partial charge in [-0.05, 0) is 30.3 Å². The van der Waals surface area contributed by atoms with Crippen molar-refractivity contribution < 1.29 is 0 Å². The van der Waals surface area contributed by atoms with Gasteiger partial charge in [-0.2, -0.15) is 0 Å². The Hall–Kier alpha value is -3.54. The molecule has 31 heavy (non-hydrogen) atoms. The molecular weight excluding hydrogens is 418 g/mol. The Morgan fingerprint density at radius 1 is 0.613 bits per heavy atom. The summed E-state index contributed by atoms with van der Waals surface area (Å²) in [6.07, 6.45) is 5.79. The van der Waals surface area contributed by atoms with E-state index in [0.29, 0.717) is 0 Å². The van der Waals surface area contributed by atoms with Gasteiger partial charge in [0.15, 0.2) is 5.65 Å². The predicted molar refractivity (Wildman–Crippen MR) is 134 cm³/mol. The molecule has 0 N–H and O–H groups in total. The van der Waals surface area contributed by atoms with Gasteiger partial charge < -0.3 is 0 Å². The van der Waals surface area contributed by atoms with Crippen molar-refractivity contribution in [2.75, 3.05) is 0 Å². The van der Waals surface area contributed by atoms with Crippen LogP contribution in [0.25, 0.3) is 67.8 Å². The molecule has 0 atom stereocenters. The molecule has 0 unspecified atom stereocenters. The molecule has 144 valence electrons. The van der Waals surface area contributed by atoms with Crippen LogP contribution in [0.4, 0.5) is 0 Å². The summed E-state index contributed by atoms with van der Waals surface area (Å²) >= 11 is 3.75. The first kappa shape index (κ1) is 16.2. The minimum absolute atomic E-state index is 0.914. The van der Waals surface area contributed by atoms with E-state index in [1.54, 1.807) is 0 Å². The second-order valence-electron chi connectivity index (χ2n) is 7.90. The Morgan fingerprint density at radius 3 is 2.48 bits per heavy atom. The van der Waals surface area contributed by atoms with Crippen LogP contribution in [-0.2, 0) is 0 Å². The van der Waals surface area contributed by atoms with Crippen LogP contribution in [0.15, 0.2) is 79.3 Å². The maximum atomic E-state index is 4.66. The minimum atomic E-state index is 0.914. The van der Waals surface area contributed by atoms with Crippen molar-refractivity contribution in [2.24, 2.45) is 0 Å². The lowest BCUT2D eigenvalue weighted by Gasteiger charge is -2.09. The van der Waals surface area contributed by atoms with Gasteiger partial charge in [0.25, 0.3) is 0 Å². The van der Waals surface area contributed by atoms with Gasteiger partial charge in [0.05, 0.1) is 5.52 Å². The van der Waals surface area contributed by atoms with Crippen LogP contribution in [0.3, 0.4) is 0 Å². The van der Waals surface area contributed by atoms with Gasteiger partial charge in [-0.15, -0.1) is 22.7 Å². The Labute approximate surface area is 183 Å². The average molecular weight is 432 g/mol. The van der Waals surface area contributed by atoms with Gasteiger partial charge in [0.2, 0.25) is 0 Å². The molecule has 0 aliphatic rings. The highest BCUT2D eigenvalue weighted by Crippen LogP contribution is 2.44. The van der Waals surface area contributed by atoms with Crippen LogP contribution < -0.4 is 0 Å². The zero-order chi connectivity index (χ0) is 20.1. The van der Waals surface area contributed by atoms with Crippen LogP contribution in [0.1, 0.15) is 0 Å². The molecule has 5 heteroatoms. The van der Waals surface area contributed by atoms with E-state index in [2.05, 4.69) is 75.2 Å². The SMILES string of the molecule is c1ccc2c(c1)sc1cc3sc4ccc5c6cccnc6c6nccn6c5c4c3cc12. The molecule has 0 fully saturated rings. The molecule has 5 heterocycles. The van der Waals surface area contributed by atoms with Crippen LogP contribution >= 0.6 is 22.7 Å². The molecular formula is C26H13N3S2. The normalized spacial score (nSPS) is 12.5. The molecule has 0 aliphatic carbocycles. The standard InChI is InChI=1S/C26H13N3S2/c1-2-6-19-14(4-1)17-12-18-22(13-21(17)30-19)31-20-8-7-16-15-5-3-9-27-24(15)26-28-10-11-29(26)25(16)23(18)20/h1-13H. The summed E-state index contributed by atoms with van der Waals surface area (Å²) in [6.45, 7) is 0. The lowest BCUT2D eigenvalue weighted by Crippen LogP contribution is -1.92. The highest BCUT2D eigenvalue weighted by Gasteiger charge is 2.17. The first-order valence-electron chi connectivity index (χ1n) is 10.2. The third kappa shape index (κ3) is 1.98. The van der Waals surface area contributed by atoms with Crippen LogP contribution in [-0.4, -0.2) is 14.4 Å². The number of hydrogen-bond donors (Lipinski definition) is 0. The molecule has 0 spiro atoms. The molecule has 3 aromatic carbocycles. The number of thiophene rings is 2. The van der Waals surface area contributed by atoms with Crippen molar-refractivity contribution >= 4 is 90.5 Å². The van der Waals surface area contributed by atoms with E-state index < -0.39 is 0 Å². The third-order valence-electron chi connectivity index (χ3n) is 6.30. The first-order valence-corrected chi connectivity index (χ1v) is 11.8. The topological polar surface area (TPSA) is 30.2 Å². The van der Waals surface area contributed by atoms with Crippen molar-refractivity contribution in [3.05, 3.63) is 79.3 Å². The monoisotopic (exact) mass is 431 g/mol. The van der Waals surface area contributed by atoms with Gasteiger partial charge >= 0.3 is 0 Å². The highest BCUT2D eigenvalue weighted by molar-refractivity contribution is 7.28. The molecule has 0 saturated heterocycles. The molecule has 0 amide bonds. The zero-order valence-corrected chi connectivity index (χ0v) is 17.8. The second-order valence-corrected chi connectivity index (χ2v) is 10.1. The summed E-state index contributed by atoms with van der Waals surface area (Å²) in [6, 6.07) is 22.2. The minimum Gasteiger partial charge on any atom is -0.297 e. The number of imidazole rings is 1. The van der Waals surface area contributed by atoms with Gasteiger partial charge in [-0.1, -0.05) is 30.3 Å². The van der Waals surface area contributed by atoms with Gasteiger partial charge in [-0.3, -0.25) is 9.38 Å². The van der Waals surface area contributed by atoms with Crippen LogP contribution in [0.2, 0.25) is 0 Å². The van der Waals surface area contributed by atoms with Gasteiger partial charge in [0.1, 0.15) is 5.52 Å². The molecule has 5 aromatic heterocycles. The van der Waals surface area contributed by atoms with E-state index in [-0.39, 0.29) is 0 Å². The third-order valence-corrected chi connectivity index (χ3v) is 8.55. The molecule has 0 saturated carbocycles. The molecule has 0 radical (unpaired) electrons. The molecule has 8 aromatic rings. The van der Waals surface area contributed by atoms with Crippen molar-refractivity contribution in [3.63, 3.8) is 0 Å². The van der Waals surface area contributed by atoms with Gasteiger partial charge in [-0.25, -0.2) is 4.98 Å². The lowest BCUT2D eigenvalue weighted by molar-refractivity contribution is 1.26. The summed E-state index contributed by atoms with van der Waals surface area (Å²) < 4.78 is 7.56. The Morgan fingerprint density at radius 2 is 1.48 bits per heavy atom. The van der Waals surface area contributed by atoms with Crippen molar-refractivity contribution in [1.29, 1.82) is 0 Å². The maximum Gasteiger partial charge on any atom is 0.163 e. The fraction of sp³-hybridized carbons (Fsp3) is 0. The van der Waals surface area contributed by atoms with Crippen molar-refractivity contribution in [3.8, 4) is 0 Å². The Bertz CT molecular complexity index is 2010. The second kappa shape index (κ2) is 5.58. The summed E-state index contributed by atoms with van der Waals surface area (Å²) in [4.78, 5) is 9.31. The number of fused-ring (bicyclic) bond motifs is 13. The molecule has 3 nitrogen and oxygen atoms in total. The maximum absolute atomic E-state index is 4.66. The van der Waals surface area contributed by atoms with Crippen molar-refractivity contribution in [2.45, 2.75) is 0 Å².